The van der Waals surface area contributed by atoms with Crippen LogP contribution in [0.15, 0.2) is 0 Å². The van der Waals surface area contributed by atoms with Gasteiger partial charge in [0.1, 0.15) is 4.32 Å². The van der Waals surface area contributed by atoms with E-state index in [0.717, 1.165) is 29.6 Å². The van der Waals surface area contributed by atoms with E-state index in [-0.39, 0.29) is 5.92 Å². The zero-order valence-corrected chi connectivity index (χ0v) is 10.7. The fourth-order valence-electron chi connectivity index (χ4n) is 1.41. The van der Waals surface area contributed by atoms with Crippen molar-refractivity contribution < 1.29 is 0 Å². The smallest absolute Gasteiger partial charge is 0.148 e. The molecule has 0 amide bonds. The lowest BCUT2D eigenvalue weighted by Gasteiger charge is -2.18. The van der Waals surface area contributed by atoms with Gasteiger partial charge in [0.05, 0.1) is 12.0 Å². The Kier molecular flexibility index (Phi) is 5.99. The number of hydrazine groups is 1. The van der Waals surface area contributed by atoms with Gasteiger partial charge in [0.2, 0.25) is 0 Å². The van der Waals surface area contributed by atoms with E-state index in [1.807, 2.05) is 6.92 Å². The minimum atomic E-state index is 0.119. The molecule has 1 heterocycles. The van der Waals surface area contributed by atoms with E-state index in [2.05, 4.69) is 16.5 Å². The number of nitrogens with zero attached hydrogens (tertiary/aromatic N) is 2. The Morgan fingerprint density at radius 2 is 2.27 bits per heavy atom. The normalized spacial score (nSPS) is 18.4. The molecule has 0 aromatic heterocycles. The molecule has 1 unspecified atom stereocenters. The summed E-state index contributed by atoms with van der Waals surface area (Å²) in [5, 5.41) is 10.9. The van der Waals surface area contributed by atoms with Crippen LogP contribution in [0, 0.1) is 17.2 Å². The molecular formula is C10H17N3S2. The molecule has 0 saturated carbocycles. The molecule has 5 heteroatoms. The highest BCUT2D eigenvalue weighted by Gasteiger charge is 2.13. The average molecular weight is 243 g/mol. The first-order valence-corrected chi connectivity index (χ1v) is 6.73. The van der Waals surface area contributed by atoms with Crippen LogP contribution in [-0.2, 0) is 0 Å². The van der Waals surface area contributed by atoms with Crippen molar-refractivity contribution >= 4 is 28.3 Å². The van der Waals surface area contributed by atoms with Gasteiger partial charge in [-0.05, 0) is 19.3 Å². The lowest BCUT2D eigenvalue weighted by Crippen LogP contribution is -2.37. The van der Waals surface area contributed by atoms with E-state index in [1.54, 1.807) is 11.8 Å². The molecule has 1 N–H and O–H groups in total. The third-order valence-corrected chi connectivity index (χ3v) is 3.81. The monoisotopic (exact) mass is 243 g/mol. The number of nitriles is 1. The van der Waals surface area contributed by atoms with Gasteiger partial charge in [0.15, 0.2) is 0 Å². The van der Waals surface area contributed by atoms with E-state index in [0.29, 0.717) is 0 Å². The molecule has 3 nitrogen and oxygen atoms in total. The van der Waals surface area contributed by atoms with Crippen molar-refractivity contribution in [3.63, 3.8) is 0 Å². The minimum Gasteiger partial charge on any atom is -0.304 e. The predicted molar refractivity (Wildman–Crippen MR) is 68.4 cm³/mol. The van der Waals surface area contributed by atoms with Crippen LogP contribution in [0.3, 0.4) is 0 Å². The third kappa shape index (κ3) is 4.83. The van der Waals surface area contributed by atoms with Gasteiger partial charge in [-0.25, -0.2) is 5.01 Å². The van der Waals surface area contributed by atoms with Gasteiger partial charge in [-0.3, -0.25) is 0 Å². The fourth-order valence-corrected chi connectivity index (χ4v) is 2.60. The van der Waals surface area contributed by atoms with Crippen molar-refractivity contribution in [3.05, 3.63) is 0 Å². The Hall–Kier alpha value is -0.310. The summed E-state index contributed by atoms with van der Waals surface area (Å²) < 4.78 is 0.797. The first-order valence-electron chi connectivity index (χ1n) is 5.34. The molecule has 1 aliphatic heterocycles. The number of hydrogen-bond acceptors (Lipinski definition) is 4. The van der Waals surface area contributed by atoms with E-state index in [4.69, 9.17) is 17.5 Å². The lowest BCUT2D eigenvalue weighted by molar-refractivity contribution is 0.300. The SMILES string of the molecule is CCC(C#N)CSC(=S)NN1CCCC1. The summed E-state index contributed by atoms with van der Waals surface area (Å²) in [5.74, 6) is 0.917. The van der Waals surface area contributed by atoms with Crippen molar-refractivity contribution in [2.24, 2.45) is 5.92 Å². The van der Waals surface area contributed by atoms with E-state index in [9.17, 15) is 0 Å². The first kappa shape index (κ1) is 12.8. The number of thiocarbonyl (C=S) groups is 1. The molecular weight excluding hydrogens is 226 g/mol. The molecule has 84 valence electrons. The number of rotatable bonds is 4. The van der Waals surface area contributed by atoms with Crippen molar-refractivity contribution in [2.45, 2.75) is 26.2 Å². The summed E-state index contributed by atoms with van der Waals surface area (Å²) in [6, 6.07) is 2.28. The summed E-state index contributed by atoms with van der Waals surface area (Å²) in [7, 11) is 0. The largest absolute Gasteiger partial charge is 0.304 e. The summed E-state index contributed by atoms with van der Waals surface area (Å²) in [5.41, 5.74) is 3.20. The first-order chi connectivity index (χ1) is 7.26. The maximum Gasteiger partial charge on any atom is 0.148 e. The minimum absolute atomic E-state index is 0.119. The maximum atomic E-state index is 8.79. The zero-order chi connectivity index (χ0) is 11.1. The summed E-state index contributed by atoms with van der Waals surface area (Å²) >= 11 is 6.78. The number of nitrogens with one attached hydrogen (secondary N) is 1. The topological polar surface area (TPSA) is 39.1 Å². The molecule has 1 aliphatic rings. The van der Waals surface area contributed by atoms with Gasteiger partial charge in [0.25, 0.3) is 0 Å². The molecule has 1 saturated heterocycles. The molecule has 0 radical (unpaired) electrons. The Balaban J connectivity index is 2.15. The maximum absolute atomic E-state index is 8.79. The van der Waals surface area contributed by atoms with Crippen LogP contribution in [0.2, 0.25) is 0 Å². The Morgan fingerprint density at radius 3 is 2.80 bits per heavy atom. The zero-order valence-electron chi connectivity index (χ0n) is 9.03. The van der Waals surface area contributed by atoms with Gasteiger partial charge in [-0.2, -0.15) is 5.26 Å². The number of hydrogen-bond donors (Lipinski definition) is 1. The second kappa shape index (κ2) is 7.04. The molecule has 15 heavy (non-hydrogen) atoms. The van der Waals surface area contributed by atoms with Crippen molar-refractivity contribution in [2.75, 3.05) is 18.8 Å². The van der Waals surface area contributed by atoms with Crippen LogP contribution in [-0.4, -0.2) is 28.2 Å². The van der Waals surface area contributed by atoms with Crippen LogP contribution < -0.4 is 5.43 Å². The van der Waals surface area contributed by atoms with Crippen LogP contribution >= 0.6 is 24.0 Å². The van der Waals surface area contributed by atoms with E-state index < -0.39 is 0 Å². The highest BCUT2D eigenvalue weighted by atomic mass is 32.2. The second-order valence-corrected chi connectivity index (χ2v) is 5.34. The molecule has 1 atom stereocenters. The average Bonchev–Trinajstić information content (AvgIpc) is 2.72. The standard InChI is InChI=1S/C10H17N3S2/c1-2-9(7-11)8-15-10(14)12-13-5-3-4-6-13/h9H,2-6,8H2,1H3,(H,12,14). The molecule has 0 aliphatic carbocycles. The third-order valence-electron chi connectivity index (χ3n) is 2.45. The van der Waals surface area contributed by atoms with Crippen LogP contribution in [0.4, 0.5) is 0 Å². The van der Waals surface area contributed by atoms with Gasteiger partial charge in [-0.1, -0.05) is 30.9 Å². The van der Waals surface area contributed by atoms with E-state index >= 15 is 0 Å². The predicted octanol–water partition coefficient (Wildman–Crippen LogP) is 2.15. The molecule has 0 spiro atoms. The molecule has 0 aromatic carbocycles. The Morgan fingerprint density at radius 1 is 1.60 bits per heavy atom. The summed E-state index contributed by atoms with van der Waals surface area (Å²) in [6.45, 7) is 4.19. The highest BCUT2D eigenvalue weighted by molar-refractivity contribution is 8.22. The molecule has 1 rings (SSSR count). The quantitative estimate of drug-likeness (QED) is 0.766. The van der Waals surface area contributed by atoms with Crippen LogP contribution in [0.5, 0.6) is 0 Å². The van der Waals surface area contributed by atoms with Crippen molar-refractivity contribution in [3.8, 4) is 6.07 Å². The van der Waals surface area contributed by atoms with Gasteiger partial charge >= 0.3 is 0 Å². The molecule has 0 aromatic rings. The van der Waals surface area contributed by atoms with Crippen LogP contribution in [0.1, 0.15) is 26.2 Å². The summed E-state index contributed by atoms with van der Waals surface area (Å²) in [4.78, 5) is 0. The molecule has 0 bridgehead atoms. The van der Waals surface area contributed by atoms with Gasteiger partial charge < -0.3 is 5.43 Å². The lowest BCUT2D eigenvalue weighted by atomic mass is 10.1. The highest BCUT2D eigenvalue weighted by Crippen LogP contribution is 2.13. The van der Waals surface area contributed by atoms with Crippen LogP contribution in [0.25, 0.3) is 0 Å². The Bertz CT molecular complexity index is 244. The Labute approximate surface area is 101 Å². The molecule has 1 fully saturated rings. The van der Waals surface area contributed by atoms with Crippen molar-refractivity contribution in [1.82, 2.24) is 10.4 Å². The fraction of sp³-hybridized carbons (Fsp3) is 0.800. The van der Waals surface area contributed by atoms with Gasteiger partial charge in [0, 0.05) is 18.8 Å². The van der Waals surface area contributed by atoms with Crippen molar-refractivity contribution in [1.29, 1.82) is 5.26 Å². The van der Waals surface area contributed by atoms with Gasteiger partial charge in [-0.15, -0.1) is 0 Å². The van der Waals surface area contributed by atoms with E-state index in [1.165, 1.54) is 12.8 Å². The number of thioether (sulfide) groups is 1. The summed E-state index contributed by atoms with van der Waals surface area (Å²) in [6.07, 6.45) is 3.39. The second-order valence-electron chi connectivity index (χ2n) is 3.64.